The predicted molar refractivity (Wildman–Crippen MR) is 116 cm³/mol. The van der Waals surface area contributed by atoms with Gasteiger partial charge in [0.05, 0.1) is 12.2 Å². The van der Waals surface area contributed by atoms with Crippen molar-refractivity contribution >= 4 is 41.5 Å². The standard InChI is InChI=1S/C18H25ClN4O2.HI/c1-4-20-18(22-12-16-11-17(13(2)3)23-25-16)21-9-10-24-15-7-5-14(19)6-8-15;/h5-8,11,13H,4,9-10,12H2,1-3H3,(H2,20,21,22);1H. The van der Waals surface area contributed by atoms with Crippen molar-refractivity contribution < 1.29 is 9.26 Å². The lowest BCUT2D eigenvalue weighted by Crippen LogP contribution is -2.39. The lowest BCUT2D eigenvalue weighted by Gasteiger charge is -2.11. The van der Waals surface area contributed by atoms with Gasteiger partial charge in [0.15, 0.2) is 11.7 Å². The van der Waals surface area contributed by atoms with Crippen molar-refractivity contribution in [3.05, 3.63) is 46.8 Å². The second kappa shape index (κ2) is 12.0. The Morgan fingerprint density at radius 2 is 2.00 bits per heavy atom. The summed E-state index contributed by atoms with van der Waals surface area (Å²) in [7, 11) is 0. The molecule has 0 saturated heterocycles. The van der Waals surface area contributed by atoms with E-state index in [4.69, 9.17) is 20.9 Å². The molecule has 8 heteroatoms. The number of benzene rings is 1. The smallest absolute Gasteiger partial charge is 0.191 e. The summed E-state index contributed by atoms with van der Waals surface area (Å²) in [4.78, 5) is 4.50. The SMILES string of the molecule is CCNC(=NCc1cc(C(C)C)no1)NCCOc1ccc(Cl)cc1.I. The van der Waals surface area contributed by atoms with Crippen LogP contribution in [0, 0.1) is 0 Å². The van der Waals surface area contributed by atoms with Gasteiger partial charge in [0.2, 0.25) is 0 Å². The Hall–Kier alpha value is -1.48. The molecule has 0 fully saturated rings. The van der Waals surface area contributed by atoms with Gasteiger partial charge in [-0.2, -0.15) is 0 Å². The molecule has 2 rings (SSSR count). The summed E-state index contributed by atoms with van der Waals surface area (Å²) in [5.74, 6) is 2.59. The molecule has 0 bridgehead atoms. The number of ether oxygens (including phenoxy) is 1. The maximum absolute atomic E-state index is 5.85. The van der Waals surface area contributed by atoms with E-state index in [-0.39, 0.29) is 24.0 Å². The molecule has 0 atom stereocenters. The Labute approximate surface area is 176 Å². The maximum Gasteiger partial charge on any atom is 0.191 e. The normalized spacial score (nSPS) is 11.2. The summed E-state index contributed by atoms with van der Waals surface area (Å²) in [6.45, 7) is 8.54. The first-order chi connectivity index (χ1) is 12.1. The van der Waals surface area contributed by atoms with Crippen LogP contribution in [0.1, 0.15) is 38.1 Å². The number of nitrogens with one attached hydrogen (secondary N) is 2. The van der Waals surface area contributed by atoms with E-state index in [9.17, 15) is 0 Å². The largest absolute Gasteiger partial charge is 0.492 e. The van der Waals surface area contributed by atoms with E-state index < -0.39 is 0 Å². The molecule has 2 N–H and O–H groups in total. The van der Waals surface area contributed by atoms with Crippen LogP contribution < -0.4 is 15.4 Å². The first-order valence-corrected chi connectivity index (χ1v) is 8.82. The van der Waals surface area contributed by atoms with Crippen molar-refractivity contribution in [1.82, 2.24) is 15.8 Å². The third kappa shape index (κ3) is 7.82. The van der Waals surface area contributed by atoms with Gasteiger partial charge >= 0.3 is 0 Å². The monoisotopic (exact) mass is 492 g/mol. The van der Waals surface area contributed by atoms with Gasteiger partial charge in [0.25, 0.3) is 0 Å². The minimum absolute atomic E-state index is 0. The minimum atomic E-state index is 0. The zero-order valence-corrected chi connectivity index (χ0v) is 18.4. The molecule has 0 aliphatic carbocycles. The van der Waals surface area contributed by atoms with E-state index in [2.05, 4.69) is 34.6 Å². The van der Waals surface area contributed by atoms with Crippen molar-refractivity contribution in [1.29, 1.82) is 0 Å². The number of halogens is 2. The fourth-order valence-electron chi connectivity index (χ4n) is 2.04. The molecule has 0 spiro atoms. The molecule has 1 aromatic carbocycles. The van der Waals surface area contributed by atoms with Crippen LogP contribution in [0.15, 0.2) is 39.8 Å². The molecular formula is C18H26ClIN4O2. The molecule has 0 saturated carbocycles. The van der Waals surface area contributed by atoms with E-state index in [1.807, 2.05) is 25.1 Å². The Bertz CT molecular complexity index is 674. The molecule has 2 aromatic rings. The summed E-state index contributed by atoms with van der Waals surface area (Å²) >= 11 is 5.85. The zero-order valence-electron chi connectivity index (χ0n) is 15.3. The van der Waals surface area contributed by atoms with Crippen LogP contribution in [-0.4, -0.2) is 30.8 Å². The highest BCUT2D eigenvalue weighted by molar-refractivity contribution is 14.0. The average molecular weight is 493 g/mol. The van der Waals surface area contributed by atoms with E-state index in [0.29, 0.717) is 36.6 Å². The lowest BCUT2D eigenvalue weighted by molar-refractivity contribution is 0.322. The Morgan fingerprint density at radius 3 is 2.62 bits per heavy atom. The highest BCUT2D eigenvalue weighted by Gasteiger charge is 2.07. The summed E-state index contributed by atoms with van der Waals surface area (Å²) < 4.78 is 10.9. The second-order valence-electron chi connectivity index (χ2n) is 5.80. The fraction of sp³-hybridized carbons (Fsp3) is 0.444. The highest BCUT2D eigenvalue weighted by atomic mass is 127. The van der Waals surface area contributed by atoms with Gasteiger partial charge in [-0.05, 0) is 37.1 Å². The van der Waals surface area contributed by atoms with E-state index in [1.54, 1.807) is 12.1 Å². The third-order valence-corrected chi connectivity index (χ3v) is 3.63. The third-order valence-electron chi connectivity index (χ3n) is 3.38. The molecule has 0 aliphatic rings. The lowest BCUT2D eigenvalue weighted by atomic mass is 10.1. The molecule has 1 aromatic heterocycles. The van der Waals surface area contributed by atoms with Crippen LogP contribution in [0.3, 0.4) is 0 Å². The number of hydrogen-bond donors (Lipinski definition) is 2. The van der Waals surface area contributed by atoms with Gasteiger partial charge in [-0.1, -0.05) is 30.6 Å². The summed E-state index contributed by atoms with van der Waals surface area (Å²) in [6, 6.07) is 9.24. The van der Waals surface area contributed by atoms with Crippen molar-refractivity contribution in [3.63, 3.8) is 0 Å². The van der Waals surface area contributed by atoms with Crippen LogP contribution in [-0.2, 0) is 6.54 Å². The fourth-order valence-corrected chi connectivity index (χ4v) is 2.17. The summed E-state index contributed by atoms with van der Waals surface area (Å²) in [6.07, 6.45) is 0. The van der Waals surface area contributed by atoms with Crippen molar-refractivity contribution in [2.45, 2.75) is 33.2 Å². The number of hydrogen-bond acceptors (Lipinski definition) is 4. The van der Waals surface area contributed by atoms with Gasteiger partial charge in [0.1, 0.15) is 18.9 Å². The topological polar surface area (TPSA) is 71.7 Å². The molecular weight excluding hydrogens is 467 g/mol. The average Bonchev–Trinajstić information content (AvgIpc) is 3.07. The predicted octanol–water partition coefficient (Wildman–Crippen LogP) is 4.20. The number of aliphatic imine (C=N–C) groups is 1. The summed E-state index contributed by atoms with van der Waals surface area (Å²) in [5.41, 5.74) is 0.944. The van der Waals surface area contributed by atoms with Crippen LogP contribution in [0.5, 0.6) is 5.75 Å². The van der Waals surface area contributed by atoms with Crippen molar-refractivity contribution in [3.8, 4) is 5.75 Å². The molecule has 6 nitrogen and oxygen atoms in total. The van der Waals surface area contributed by atoms with Gasteiger partial charge in [0, 0.05) is 17.6 Å². The molecule has 1 heterocycles. The molecule has 0 unspecified atom stereocenters. The number of guanidine groups is 1. The van der Waals surface area contributed by atoms with E-state index in [1.165, 1.54) is 0 Å². The van der Waals surface area contributed by atoms with E-state index in [0.717, 1.165) is 23.7 Å². The first kappa shape index (κ1) is 22.6. The minimum Gasteiger partial charge on any atom is -0.492 e. The molecule has 144 valence electrons. The number of aromatic nitrogens is 1. The number of nitrogens with zero attached hydrogens (tertiary/aromatic N) is 2. The van der Waals surface area contributed by atoms with Crippen LogP contribution in [0.2, 0.25) is 5.02 Å². The van der Waals surface area contributed by atoms with Gasteiger partial charge in [-0.3, -0.25) is 0 Å². The first-order valence-electron chi connectivity index (χ1n) is 8.44. The van der Waals surface area contributed by atoms with E-state index >= 15 is 0 Å². The number of rotatable bonds is 8. The van der Waals surface area contributed by atoms with Gasteiger partial charge in [-0.25, -0.2) is 4.99 Å². The quantitative estimate of drug-likeness (QED) is 0.250. The zero-order chi connectivity index (χ0) is 18.1. The summed E-state index contributed by atoms with van der Waals surface area (Å²) in [5, 5.41) is 11.2. The second-order valence-corrected chi connectivity index (χ2v) is 6.23. The van der Waals surface area contributed by atoms with Gasteiger partial charge in [-0.15, -0.1) is 24.0 Å². The molecule has 26 heavy (non-hydrogen) atoms. The maximum atomic E-state index is 5.85. The van der Waals surface area contributed by atoms with Crippen LogP contribution in [0.4, 0.5) is 0 Å². The molecule has 0 amide bonds. The Kier molecular flexibility index (Phi) is 10.4. The van der Waals surface area contributed by atoms with Crippen molar-refractivity contribution in [2.75, 3.05) is 19.7 Å². The van der Waals surface area contributed by atoms with Crippen LogP contribution in [0.25, 0.3) is 0 Å². The Morgan fingerprint density at radius 1 is 1.27 bits per heavy atom. The highest BCUT2D eigenvalue weighted by Crippen LogP contribution is 2.15. The van der Waals surface area contributed by atoms with Crippen molar-refractivity contribution in [2.24, 2.45) is 4.99 Å². The van der Waals surface area contributed by atoms with Crippen LogP contribution >= 0.6 is 35.6 Å². The van der Waals surface area contributed by atoms with Gasteiger partial charge < -0.3 is 19.9 Å². The Balaban J connectivity index is 0.00000338. The molecule has 0 radical (unpaired) electrons. The molecule has 0 aliphatic heterocycles.